The first-order valence-electron chi connectivity index (χ1n) is 4.39. The maximum absolute atomic E-state index is 11.3. The molecule has 0 aliphatic heterocycles. The Hall–Kier alpha value is -0.790. The van der Waals surface area contributed by atoms with Gasteiger partial charge in [-0.05, 0) is 30.2 Å². The lowest BCUT2D eigenvalue weighted by Crippen LogP contribution is -2.04. The van der Waals surface area contributed by atoms with Gasteiger partial charge in [0.25, 0.3) is 0 Å². The van der Waals surface area contributed by atoms with Crippen LogP contribution in [0.1, 0.15) is 22.9 Å². The van der Waals surface area contributed by atoms with Gasteiger partial charge in [0.05, 0.1) is 17.3 Å². The van der Waals surface area contributed by atoms with Crippen molar-refractivity contribution in [2.24, 2.45) is 0 Å². The maximum atomic E-state index is 11.3. The summed E-state index contributed by atoms with van der Waals surface area (Å²) in [7, 11) is 0. The lowest BCUT2D eigenvalue weighted by molar-refractivity contribution is -0.116. The summed E-state index contributed by atoms with van der Waals surface area (Å²) in [5, 5.41) is 8.66. The normalized spacial score (nSPS) is 11.9. The van der Waals surface area contributed by atoms with Crippen LogP contribution in [0.3, 0.4) is 0 Å². The number of ketones is 1. The number of alkyl halides is 1. The number of benzene rings is 1. The fourth-order valence-corrected chi connectivity index (χ4v) is 1.92. The first-order chi connectivity index (χ1) is 7.06. The Labute approximate surface area is 103 Å². The predicted octanol–water partition coefficient (Wildman–Crippen LogP) is 3.07. The van der Waals surface area contributed by atoms with Crippen molar-refractivity contribution in [2.45, 2.75) is 23.1 Å². The van der Waals surface area contributed by atoms with E-state index in [1.807, 2.05) is 18.2 Å². The van der Waals surface area contributed by atoms with Gasteiger partial charge in [-0.3, -0.25) is 4.79 Å². The molecule has 0 aromatic heterocycles. The second-order valence-electron chi connectivity index (χ2n) is 3.19. The number of thiol groups is 1. The molecule has 0 fully saturated rings. The molecule has 1 rings (SSSR count). The molecule has 0 saturated carbocycles. The Morgan fingerprint density at radius 3 is 2.87 bits per heavy atom. The molecule has 15 heavy (non-hydrogen) atoms. The minimum Gasteiger partial charge on any atom is -0.298 e. The minimum atomic E-state index is -0.354. The molecule has 1 aromatic carbocycles. The molecule has 0 heterocycles. The second-order valence-corrected chi connectivity index (χ2v) is 4.62. The molecular weight excluding hydrogens is 274 g/mol. The third-order valence-electron chi connectivity index (χ3n) is 2.03. The molecule has 0 aliphatic rings. The Kier molecular flexibility index (Phi) is 4.37. The number of carbonyl (C=O) groups is 1. The van der Waals surface area contributed by atoms with E-state index in [-0.39, 0.29) is 10.6 Å². The summed E-state index contributed by atoms with van der Waals surface area (Å²) >= 11 is 7.53. The van der Waals surface area contributed by atoms with E-state index in [1.165, 1.54) is 6.92 Å². The highest BCUT2D eigenvalue weighted by Gasteiger charge is 2.16. The average Bonchev–Trinajstić information content (AvgIpc) is 2.20. The maximum Gasteiger partial charge on any atom is 0.147 e. The Bertz CT molecular complexity index is 425. The van der Waals surface area contributed by atoms with Crippen molar-refractivity contribution >= 4 is 34.3 Å². The molecular formula is C11H10BrNOS. The lowest BCUT2D eigenvalue weighted by Gasteiger charge is -2.11. The summed E-state index contributed by atoms with van der Waals surface area (Å²) in [6, 6.07) is 7.55. The summed E-state index contributed by atoms with van der Waals surface area (Å²) in [4.78, 5) is 11.7. The molecule has 4 heteroatoms. The minimum absolute atomic E-state index is 0.0214. The van der Waals surface area contributed by atoms with E-state index < -0.39 is 0 Å². The molecule has 0 bridgehead atoms. The van der Waals surface area contributed by atoms with Gasteiger partial charge in [-0.15, -0.1) is 12.6 Å². The van der Waals surface area contributed by atoms with Crippen molar-refractivity contribution in [3.05, 3.63) is 29.3 Å². The number of rotatable bonds is 3. The standard InChI is InChI=1S/C11H10BrNOS/c1-7(14)11(12)10-6-9(15)3-2-8(10)4-5-13/h2-3,6,11,15H,4H2,1H3. The van der Waals surface area contributed by atoms with Crippen molar-refractivity contribution in [2.75, 3.05) is 0 Å². The summed E-state index contributed by atoms with van der Waals surface area (Å²) in [5.74, 6) is 0.0214. The monoisotopic (exact) mass is 283 g/mol. The molecule has 0 amide bonds. The number of halogens is 1. The molecule has 0 saturated heterocycles. The summed E-state index contributed by atoms with van der Waals surface area (Å²) < 4.78 is 0. The first kappa shape index (κ1) is 12.3. The number of nitrogens with zero attached hydrogens (tertiary/aromatic N) is 1. The third-order valence-corrected chi connectivity index (χ3v) is 3.45. The quantitative estimate of drug-likeness (QED) is 0.684. The molecule has 0 aliphatic carbocycles. The van der Waals surface area contributed by atoms with Gasteiger partial charge in [0.2, 0.25) is 0 Å². The molecule has 2 nitrogen and oxygen atoms in total. The number of carbonyl (C=O) groups excluding carboxylic acids is 1. The topological polar surface area (TPSA) is 40.9 Å². The van der Waals surface area contributed by atoms with Crippen LogP contribution < -0.4 is 0 Å². The Morgan fingerprint density at radius 2 is 2.33 bits per heavy atom. The van der Waals surface area contributed by atoms with Gasteiger partial charge in [0.1, 0.15) is 5.78 Å². The van der Waals surface area contributed by atoms with Crippen LogP contribution in [0.25, 0.3) is 0 Å². The molecule has 78 valence electrons. The van der Waals surface area contributed by atoms with E-state index in [0.717, 1.165) is 16.0 Å². The number of hydrogen-bond acceptors (Lipinski definition) is 3. The highest BCUT2D eigenvalue weighted by Crippen LogP contribution is 2.29. The highest BCUT2D eigenvalue weighted by molar-refractivity contribution is 9.09. The molecule has 1 aromatic rings. The molecule has 1 unspecified atom stereocenters. The van der Waals surface area contributed by atoms with E-state index in [4.69, 9.17) is 5.26 Å². The predicted molar refractivity (Wildman–Crippen MR) is 65.4 cm³/mol. The van der Waals surface area contributed by atoms with Crippen molar-refractivity contribution in [1.29, 1.82) is 5.26 Å². The van der Waals surface area contributed by atoms with Gasteiger partial charge in [-0.1, -0.05) is 22.0 Å². The molecule has 1 atom stereocenters. The summed E-state index contributed by atoms with van der Waals surface area (Å²) in [5.41, 5.74) is 1.70. The van der Waals surface area contributed by atoms with E-state index in [1.54, 1.807) is 0 Å². The van der Waals surface area contributed by atoms with Gasteiger partial charge < -0.3 is 0 Å². The smallest absolute Gasteiger partial charge is 0.147 e. The van der Waals surface area contributed by atoms with Gasteiger partial charge in [-0.2, -0.15) is 5.26 Å². The number of Topliss-reactive ketones (excluding diaryl/α,β-unsaturated/α-hetero) is 1. The fourth-order valence-electron chi connectivity index (χ4n) is 1.28. The highest BCUT2D eigenvalue weighted by atomic mass is 79.9. The summed E-state index contributed by atoms with van der Waals surface area (Å²) in [6.07, 6.45) is 0.304. The molecule has 0 N–H and O–H groups in total. The third kappa shape index (κ3) is 3.08. The Morgan fingerprint density at radius 1 is 1.67 bits per heavy atom. The van der Waals surface area contributed by atoms with Gasteiger partial charge >= 0.3 is 0 Å². The van der Waals surface area contributed by atoms with Crippen molar-refractivity contribution < 1.29 is 4.79 Å². The van der Waals surface area contributed by atoms with Gasteiger partial charge in [-0.25, -0.2) is 0 Å². The zero-order chi connectivity index (χ0) is 11.4. The summed E-state index contributed by atoms with van der Waals surface area (Å²) in [6.45, 7) is 1.51. The second kappa shape index (κ2) is 5.34. The van der Waals surface area contributed by atoms with Crippen LogP contribution in [0.15, 0.2) is 23.1 Å². The van der Waals surface area contributed by atoms with Crippen molar-refractivity contribution in [3.8, 4) is 6.07 Å². The number of nitriles is 1. The van der Waals surface area contributed by atoms with Crippen molar-refractivity contribution in [1.82, 2.24) is 0 Å². The van der Waals surface area contributed by atoms with Crippen LogP contribution in [0, 0.1) is 11.3 Å². The van der Waals surface area contributed by atoms with E-state index >= 15 is 0 Å². The van der Waals surface area contributed by atoms with E-state index in [9.17, 15) is 4.79 Å². The van der Waals surface area contributed by atoms with Crippen LogP contribution in [0.5, 0.6) is 0 Å². The van der Waals surface area contributed by atoms with Gasteiger partial charge in [0.15, 0.2) is 0 Å². The van der Waals surface area contributed by atoms with Crippen LogP contribution in [-0.2, 0) is 11.2 Å². The zero-order valence-corrected chi connectivity index (χ0v) is 10.7. The van der Waals surface area contributed by atoms with E-state index in [2.05, 4.69) is 34.6 Å². The fraction of sp³-hybridized carbons (Fsp3) is 0.273. The van der Waals surface area contributed by atoms with E-state index in [0.29, 0.717) is 6.42 Å². The van der Waals surface area contributed by atoms with Crippen LogP contribution >= 0.6 is 28.6 Å². The Balaban J connectivity index is 3.18. The molecule has 0 radical (unpaired) electrons. The zero-order valence-electron chi connectivity index (χ0n) is 8.20. The molecule has 0 spiro atoms. The van der Waals surface area contributed by atoms with Crippen LogP contribution in [-0.4, -0.2) is 5.78 Å². The van der Waals surface area contributed by atoms with Crippen LogP contribution in [0.4, 0.5) is 0 Å². The van der Waals surface area contributed by atoms with Crippen LogP contribution in [0.2, 0.25) is 0 Å². The average molecular weight is 284 g/mol. The van der Waals surface area contributed by atoms with Gasteiger partial charge in [0, 0.05) is 4.90 Å². The SMILES string of the molecule is CC(=O)C(Br)c1cc(S)ccc1CC#N. The lowest BCUT2D eigenvalue weighted by atomic mass is 10.0. The first-order valence-corrected chi connectivity index (χ1v) is 5.75. The number of hydrogen-bond donors (Lipinski definition) is 1. The largest absolute Gasteiger partial charge is 0.298 e. The van der Waals surface area contributed by atoms with Crippen molar-refractivity contribution in [3.63, 3.8) is 0 Å².